The van der Waals surface area contributed by atoms with Crippen LogP contribution in [0.5, 0.6) is 0 Å². The molecule has 2 N–H and O–H groups in total. The van der Waals surface area contributed by atoms with Crippen LogP contribution in [0.4, 0.5) is 0 Å². The van der Waals surface area contributed by atoms with Crippen molar-refractivity contribution in [3.63, 3.8) is 0 Å². The fraction of sp³-hybridized carbons (Fsp3) is 0.500. The van der Waals surface area contributed by atoms with Crippen molar-refractivity contribution in [2.45, 2.75) is 12.5 Å². The first-order valence-corrected chi connectivity index (χ1v) is 5.74. The Morgan fingerprint density at radius 2 is 2.12 bits per heavy atom. The highest BCUT2D eigenvalue weighted by molar-refractivity contribution is 6.30. The van der Waals surface area contributed by atoms with E-state index in [0.717, 1.165) is 12.1 Å². The van der Waals surface area contributed by atoms with Gasteiger partial charge in [0.1, 0.15) is 0 Å². The van der Waals surface area contributed by atoms with E-state index in [0.29, 0.717) is 18.0 Å². The molecule has 1 rings (SSSR count). The van der Waals surface area contributed by atoms with Gasteiger partial charge in [0.15, 0.2) is 0 Å². The summed E-state index contributed by atoms with van der Waals surface area (Å²) in [6.07, 6.45) is 0.136. The zero-order valence-electron chi connectivity index (χ0n) is 9.43. The molecule has 0 aromatic heterocycles. The van der Waals surface area contributed by atoms with Crippen molar-refractivity contribution >= 4 is 11.6 Å². The van der Waals surface area contributed by atoms with Gasteiger partial charge in [0.05, 0.1) is 12.7 Å². The van der Waals surface area contributed by atoms with E-state index < -0.39 is 6.10 Å². The van der Waals surface area contributed by atoms with Crippen LogP contribution >= 0.6 is 11.6 Å². The lowest BCUT2D eigenvalue weighted by atomic mass is 10.1. The van der Waals surface area contributed by atoms with Gasteiger partial charge in [-0.05, 0) is 31.2 Å². The summed E-state index contributed by atoms with van der Waals surface area (Å²) in [5.74, 6) is 0. The molecular weight excluding hydrogens is 226 g/mol. The van der Waals surface area contributed by atoms with E-state index in [2.05, 4.69) is 0 Å². The zero-order chi connectivity index (χ0) is 12.0. The van der Waals surface area contributed by atoms with Crippen LogP contribution in [-0.2, 0) is 0 Å². The molecule has 1 atom stereocenters. The van der Waals surface area contributed by atoms with E-state index in [1.54, 1.807) is 12.1 Å². The molecule has 0 saturated carbocycles. The molecule has 0 saturated heterocycles. The molecule has 0 fully saturated rings. The second-order valence-electron chi connectivity index (χ2n) is 3.89. The van der Waals surface area contributed by atoms with Crippen LogP contribution in [0.15, 0.2) is 24.3 Å². The number of nitrogens with zero attached hydrogens (tertiary/aromatic N) is 1. The van der Waals surface area contributed by atoms with E-state index in [1.807, 2.05) is 24.1 Å². The first kappa shape index (κ1) is 13.5. The third kappa shape index (κ3) is 4.49. The summed E-state index contributed by atoms with van der Waals surface area (Å²) in [5.41, 5.74) is 0.838. The van der Waals surface area contributed by atoms with Gasteiger partial charge in [0.2, 0.25) is 0 Å². The molecule has 0 radical (unpaired) electrons. The Kier molecular flexibility index (Phi) is 5.77. The Hall–Kier alpha value is -0.610. The molecule has 90 valence electrons. The van der Waals surface area contributed by atoms with E-state index in [4.69, 9.17) is 16.7 Å². The van der Waals surface area contributed by atoms with Crippen LogP contribution < -0.4 is 0 Å². The molecule has 0 aliphatic heterocycles. The first-order valence-electron chi connectivity index (χ1n) is 5.36. The van der Waals surface area contributed by atoms with Crippen LogP contribution in [0.2, 0.25) is 5.02 Å². The molecule has 0 aliphatic carbocycles. The molecule has 0 bridgehead atoms. The third-order valence-electron chi connectivity index (χ3n) is 2.50. The highest BCUT2D eigenvalue weighted by atomic mass is 35.5. The van der Waals surface area contributed by atoms with Gasteiger partial charge in [-0.1, -0.05) is 23.7 Å². The first-order chi connectivity index (χ1) is 7.63. The van der Waals surface area contributed by atoms with Gasteiger partial charge in [-0.15, -0.1) is 0 Å². The summed E-state index contributed by atoms with van der Waals surface area (Å²) in [7, 11) is 1.92. The van der Waals surface area contributed by atoms with E-state index >= 15 is 0 Å². The molecular formula is C12H18ClNO2. The summed E-state index contributed by atoms with van der Waals surface area (Å²) < 4.78 is 0. The summed E-state index contributed by atoms with van der Waals surface area (Å²) in [6, 6.07) is 7.26. The average Bonchev–Trinajstić information content (AvgIpc) is 2.26. The minimum absolute atomic E-state index is 0.143. The minimum atomic E-state index is -0.500. The lowest BCUT2D eigenvalue weighted by molar-refractivity contribution is 0.141. The van der Waals surface area contributed by atoms with Crippen LogP contribution in [0, 0.1) is 0 Å². The predicted octanol–water partition coefficient (Wildman–Crippen LogP) is 1.69. The quantitative estimate of drug-likeness (QED) is 0.799. The number of likely N-dealkylation sites (N-methyl/N-ethyl adjacent to an activating group) is 1. The third-order valence-corrected chi connectivity index (χ3v) is 2.73. The van der Waals surface area contributed by atoms with Gasteiger partial charge in [-0.3, -0.25) is 0 Å². The number of aliphatic hydroxyl groups excluding tert-OH is 2. The van der Waals surface area contributed by atoms with E-state index in [1.165, 1.54) is 0 Å². The summed E-state index contributed by atoms with van der Waals surface area (Å²) >= 11 is 5.85. The molecule has 0 aliphatic rings. The number of halogens is 1. The Morgan fingerprint density at radius 3 is 2.75 bits per heavy atom. The number of benzene rings is 1. The number of rotatable bonds is 6. The van der Waals surface area contributed by atoms with Crippen molar-refractivity contribution in [1.82, 2.24) is 4.90 Å². The minimum Gasteiger partial charge on any atom is -0.395 e. The van der Waals surface area contributed by atoms with Crippen LogP contribution in [0.1, 0.15) is 18.1 Å². The van der Waals surface area contributed by atoms with Crippen molar-refractivity contribution in [1.29, 1.82) is 0 Å². The monoisotopic (exact) mass is 243 g/mol. The Morgan fingerprint density at radius 1 is 1.38 bits per heavy atom. The Labute approximate surface area is 101 Å². The number of hydrogen-bond acceptors (Lipinski definition) is 3. The molecule has 1 unspecified atom stereocenters. The van der Waals surface area contributed by atoms with Gasteiger partial charge in [0.25, 0.3) is 0 Å². The molecule has 1 aromatic rings. The SMILES string of the molecule is CN(CCO)CCC(O)c1cccc(Cl)c1. The van der Waals surface area contributed by atoms with Crippen molar-refractivity contribution in [2.24, 2.45) is 0 Å². The van der Waals surface area contributed by atoms with E-state index in [-0.39, 0.29) is 6.61 Å². The van der Waals surface area contributed by atoms with Crippen LogP contribution in [0.25, 0.3) is 0 Å². The highest BCUT2D eigenvalue weighted by Crippen LogP contribution is 2.20. The molecule has 3 nitrogen and oxygen atoms in total. The van der Waals surface area contributed by atoms with Crippen LogP contribution in [0.3, 0.4) is 0 Å². The maximum atomic E-state index is 9.91. The van der Waals surface area contributed by atoms with Crippen molar-refractivity contribution in [3.8, 4) is 0 Å². The Balaban J connectivity index is 2.43. The maximum absolute atomic E-state index is 9.91. The second-order valence-corrected chi connectivity index (χ2v) is 4.32. The molecule has 1 aromatic carbocycles. The molecule has 0 heterocycles. The normalized spacial score (nSPS) is 13.1. The van der Waals surface area contributed by atoms with Gasteiger partial charge >= 0.3 is 0 Å². The number of aliphatic hydroxyl groups is 2. The van der Waals surface area contributed by atoms with Crippen LogP contribution in [-0.4, -0.2) is 41.9 Å². The standard InChI is InChI=1S/C12H18ClNO2/c1-14(7-8-15)6-5-12(16)10-3-2-4-11(13)9-10/h2-4,9,12,15-16H,5-8H2,1H3. The largest absolute Gasteiger partial charge is 0.395 e. The zero-order valence-corrected chi connectivity index (χ0v) is 10.2. The van der Waals surface area contributed by atoms with Gasteiger partial charge in [-0.2, -0.15) is 0 Å². The number of hydrogen-bond donors (Lipinski definition) is 2. The predicted molar refractivity (Wildman–Crippen MR) is 65.6 cm³/mol. The fourth-order valence-electron chi connectivity index (χ4n) is 1.51. The Bertz CT molecular complexity index is 320. The van der Waals surface area contributed by atoms with Crippen molar-refractivity contribution in [3.05, 3.63) is 34.9 Å². The molecule has 4 heteroatoms. The second kappa shape index (κ2) is 6.86. The maximum Gasteiger partial charge on any atom is 0.0802 e. The molecule has 16 heavy (non-hydrogen) atoms. The van der Waals surface area contributed by atoms with Gasteiger partial charge < -0.3 is 15.1 Å². The summed E-state index contributed by atoms with van der Waals surface area (Å²) in [6.45, 7) is 1.51. The van der Waals surface area contributed by atoms with Gasteiger partial charge in [0, 0.05) is 18.1 Å². The molecule has 0 amide bonds. The topological polar surface area (TPSA) is 43.7 Å². The van der Waals surface area contributed by atoms with Gasteiger partial charge in [-0.25, -0.2) is 0 Å². The molecule has 0 spiro atoms. The van der Waals surface area contributed by atoms with Crippen molar-refractivity contribution < 1.29 is 10.2 Å². The van der Waals surface area contributed by atoms with E-state index in [9.17, 15) is 5.11 Å². The highest BCUT2D eigenvalue weighted by Gasteiger charge is 2.08. The average molecular weight is 244 g/mol. The fourth-order valence-corrected chi connectivity index (χ4v) is 1.70. The van der Waals surface area contributed by atoms with Crippen molar-refractivity contribution in [2.75, 3.05) is 26.7 Å². The summed E-state index contributed by atoms with van der Waals surface area (Å²) in [5, 5.41) is 19.3. The smallest absolute Gasteiger partial charge is 0.0802 e. The summed E-state index contributed by atoms with van der Waals surface area (Å²) in [4.78, 5) is 1.98. The lowest BCUT2D eigenvalue weighted by Crippen LogP contribution is -2.24. The lowest BCUT2D eigenvalue weighted by Gasteiger charge is -2.18.